The van der Waals surface area contributed by atoms with Crippen molar-refractivity contribution in [1.82, 2.24) is 25.2 Å². The molecular formula is C21H24BrN5O5S. The van der Waals surface area contributed by atoms with Crippen molar-refractivity contribution < 1.29 is 24.2 Å². The minimum atomic E-state index is -0.814. The zero-order chi connectivity index (χ0) is 23.3. The number of halogens is 1. The molecule has 3 unspecified atom stereocenters. The van der Waals surface area contributed by atoms with E-state index in [1.165, 1.54) is 16.7 Å². The topological polar surface area (TPSA) is 127 Å². The zero-order valence-electron chi connectivity index (χ0n) is 17.9. The van der Waals surface area contributed by atoms with Gasteiger partial charge in [-0.15, -0.1) is 16.9 Å². The van der Waals surface area contributed by atoms with E-state index in [1.54, 1.807) is 11.6 Å². The van der Waals surface area contributed by atoms with Crippen molar-refractivity contribution in [3.8, 4) is 0 Å². The second kappa shape index (κ2) is 8.55. The number of rotatable bonds is 7. The summed E-state index contributed by atoms with van der Waals surface area (Å²) in [5, 5.41) is 20.6. The number of alkyl halides is 1. The lowest BCUT2D eigenvalue weighted by Crippen LogP contribution is -2.54. The Kier molecular flexibility index (Phi) is 5.86. The second-order valence-electron chi connectivity index (χ2n) is 8.45. The number of likely N-dealkylation sites (tertiary alicyclic amines) is 1. The van der Waals surface area contributed by atoms with E-state index < -0.39 is 28.6 Å². The Morgan fingerprint density at radius 1 is 1.39 bits per heavy atom. The van der Waals surface area contributed by atoms with Crippen LogP contribution in [0.1, 0.15) is 13.3 Å². The standard InChI is InChI=1S/C21H24BrN5O5S/c1-2-32-20(31)14-15-19(30)26(7-8-28)17(21(15)9-11(22)16(14)33-21)18(29)23-10-27-13-6-4-3-5-12(13)24-25-27/h3-6,11,14-17,28H,2,7-10H2,1H3,(H,23,29)/t11?,14-,15+,16-,17?,21?/m1/s1. The number of ether oxygens (including phenoxy) is 1. The third-order valence-corrected chi connectivity index (χ3v) is 9.98. The van der Waals surface area contributed by atoms with Crippen LogP contribution in [-0.2, 0) is 25.8 Å². The molecule has 2 aromatic rings. The molecule has 3 aliphatic heterocycles. The average Bonchev–Trinajstić information content (AvgIpc) is 3.50. The summed E-state index contributed by atoms with van der Waals surface area (Å²) in [5.41, 5.74) is 1.50. The fourth-order valence-electron chi connectivity index (χ4n) is 5.57. The van der Waals surface area contributed by atoms with Crippen LogP contribution >= 0.6 is 27.7 Å². The van der Waals surface area contributed by atoms with E-state index in [0.717, 1.165) is 5.52 Å². The molecule has 5 rings (SSSR count). The monoisotopic (exact) mass is 537 g/mol. The van der Waals surface area contributed by atoms with Gasteiger partial charge in [0.1, 0.15) is 18.2 Å². The Morgan fingerprint density at radius 2 is 2.18 bits per heavy atom. The third-order valence-electron chi connectivity index (χ3n) is 6.76. The predicted octanol–water partition coefficient (Wildman–Crippen LogP) is 0.525. The molecule has 0 aliphatic carbocycles. The first kappa shape index (κ1) is 22.6. The molecular weight excluding hydrogens is 514 g/mol. The van der Waals surface area contributed by atoms with Gasteiger partial charge in [-0.1, -0.05) is 33.3 Å². The zero-order valence-corrected chi connectivity index (χ0v) is 20.3. The Bertz CT molecular complexity index is 1110. The first-order valence-electron chi connectivity index (χ1n) is 10.9. The maximum Gasteiger partial charge on any atom is 0.310 e. The molecule has 6 atom stereocenters. The van der Waals surface area contributed by atoms with Crippen LogP contribution in [-0.4, -0.2) is 83.4 Å². The SMILES string of the molecule is CCOC(=O)[C@H]1[C@@H]2SC3(CC2Br)C(C(=O)NCn2nnc4ccccc42)N(CCO)C(=O)[C@H]13. The maximum atomic E-state index is 13.5. The van der Waals surface area contributed by atoms with Gasteiger partial charge in [0, 0.05) is 16.6 Å². The maximum absolute atomic E-state index is 13.5. The summed E-state index contributed by atoms with van der Waals surface area (Å²) < 4.78 is 6.12. The number of thioether (sulfide) groups is 1. The van der Waals surface area contributed by atoms with Crippen LogP contribution in [0.2, 0.25) is 0 Å². The molecule has 3 saturated heterocycles. The number of aliphatic hydroxyl groups excluding tert-OH is 1. The van der Waals surface area contributed by atoms with E-state index in [-0.39, 0.29) is 48.3 Å². The molecule has 176 valence electrons. The molecule has 3 fully saturated rings. The Balaban J connectivity index is 1.44. The Labute approximate surface area is 202 Å². The summed E-state index contributed by atoms with van der Waals surface area (Å²) >= 11 is 5.21. The predicted molar refractivity (Wildman–Crippen MR) is 123 cm³/mol. The van der Waals surface area contributed by atoms with Crippen LogP contribution < -0.4 is 5.32 Å². The van der Waals surface area contributed by atoms with Gasteiger partial charge in [0.15, 0.2) is 0 Å². The quantitative estimate of drug-likeness (QED) is 0.386. The minimum Gasteiger partial charge on any atom is -0.466 e. The van der Waals surface area contributed by atoms with Gasteiger partial charge in [-0.2, -0.15) is 0 Å². The van der Waals surface area contributed by atoms with Crippen LogP contribution in [0.4, 0.5) is 0 Å². The summed E-state index contributed by atoms with van der Waals surface area (Å²) in [5.74, 6) is -2.30. The van der Waals surface area contributed by atoms with E-state index in [0.29, 0.717) is 11.9 Å². The number of esters is 1. The van der Waals surface area contributed by atoms with Gasteiger partial charge in [-0.3, -0.25) is 14.4 Å². The first-order valence-corrected chi connectivity index (χ1v) is 12.7. The van der Waals surface area contributed by atoms with E-state index >= 15 is 0 Å². The number of amides is 2. The summed E-state index contributed by atoms with van der Waals surface area (Å²) in [4.78, 5) is 41.3. The van der Waals surface area contributed by atoms with E-state index in [9.17, 15) is 19.5 Å². The minimum absolute atomic E-state index is 0.0230. The van der Waals surface area contributed by atoms with Crippen LogP contribution in [0.3, 0.4) is 0 Å². The highest BCUT2D eigenvalue weighted by Crippen LogP contribution is 2.67. The highest BCUT2D eigenvalue weighted by molar-refractivity contribution is 9.09. The van der Waals surface area contributed by atoms with Gasteiger partial charge < -0.3 is 20.1 Å². The van der Waals surface area contributed by atoms with Crippen molar-refractivity contribution in [2.45, 2.75) is 40.9 Å². The molecule has 10 nitrogen and oxygen atoms in total. The molecule has 0 radical (unpaired) electrons. The van der Waals surface area contributed by atoms with Gasteiger partial charge in [0.05, 0.1) is 35.3 Å². The third kappa shape index (κ3) is 3.36. The molecule has 2 N–H and O–H groups in total. The summed E-state index contributed by atoms with van der Waals surface area (Å²) in [7, 11) is 0. The van der Waals surface area contributed by atoms with Crippen molar-refractivity contribution >= 4 is 56.5 Å². The lowest BCUT2D eigenvalue weighted by Gasteiger charge is -2.35. The van der Waals surface area contributed by atoms with Crippen LogP contribution in [0.15, 0.2) is 24.3 Å². The second-order valence-corrected chi connectivity index (χ2v) is 11.2. The first-order chi connectivity index (χ1) is 15.9. The molecule has 1 spiro atoms. The normalized spacial score (nSPS) is 32.4. The van der Waals surface area contributed by atoms with Crippen LogP contribution in [0, 0.1) is 11.8 Å². The molecule has 33 heavy (non-hydrogen) atoms. The van der Waals surface area contributed by atoms with Gasteiger partial charge in [-0.25, -0.2) is 4.68 Å². The molecule has 0 saturated carbocycles. The van der Waals surface area contributed by atoms with Gasteiger partial charge in [-0.05, 0) is 25.5 Å². The molecule has 1 aromatic heterocycles. The smallest absolute Gasteiger partial charge is 0.310 e. The van der Waals surface area contributed by atoms with Crippen molar-refractivity contribution in [3.05, 3.63) is 24.3 Å². The number of aliphatic hydroxyl groups is 1. The Hall–Kier alpha value is -2.18. The van der Waals surface area contributed by atoms with Gasteiger partial charge in [0.25, 0.3) is 0 Å². The number of aromatic nitrogens is 3. The van der Waals surface area contributed by atoms with E-state index in [1.807, 2.05) is 24.3 Å². The lowest BCUT2D eigenvalue weighted by molar-refractivity contribution is -0.153. The number of carbonyl (C=O) groups is 3. The average molecular weight is 538 g/mol. The molecule has 1 aromatic carbocycles. The van der Waals surface area contributed by atoms with Crippen LogP contribution in [0.25, 0.3) is 11.0 Å². The summed E-state index contributed by atoms with van der Waals surface area (Å²) in [6.07, 6.45) is 0.570. The number of para-hydroxylation sites is 1. The number of hydrogen-bond acceptors (Lipinski definition) is 8. The molecule has 2 amide bonds. The van der Waals surface area contributed by atoms with Gasteiger partial charge in [0.2, 0.25) is 11.8 Å². The van der Waals surface area contributed by atoms with Crippen LogP contribution in [0.5, 0.6) is 0 Å². The summed E-state index contributed by atoms with van der Waals surface area (Å²) in [6.45, 7) is 1.80. The highest BCUT2D eigenvalue weighted by atomic mass is 79.9. The highest BCUT2D eigenvalue weighted by Gasteiger charge is 2.75. The molecule has 2 bridgehead atoms. The fourth-order valence-corrected chi connectivity index (χ4v) is 9.17. The molecule has 3 aliphatic rings. The number of hydrogen-bond donors (Lipinski definition) is 2. The largest absolute Gasteiger partial charge is 0.466 e. The number of nitrogens with zero attached hydrogens (tertiary/aromatic N) is 4. The van der Waals surface area contributed by atoms with Gasteiger partial charge >= 0.3 is 5.97 Å². The number of nitrogens with one attached hydrogen (secondary N) is 1. The van der Waals surface area contributed by atoms with Crippen molar-refractivity contribution in [2.75, 3.05) is 19.8 Å². The Morgan fingerprint density at radius 3 is 2.94 bits per heavy atom. The number of carbonyl (C=O) groups excluding carboxylic acids is 3. The van der Waals surface area contributed by atoms with E-state index in [4.69, 9.17) is 4.74 Å². The molecule has 12 heteroatoms. The number of benzene rings is 1. The van der Waals surface area contributed by atoms with E-state index in [2.05, 4.69) is 31.6 Å². The van der Waals surface area contributed by atoms with Crippen molar-refractivity contribution in [2.24, 2.45) is 11.8 Å². The van der Waals surface area contributed by atoms with Crippen molar-refractivity contribution in [3.63, 3.8) is 0 Å². The lowest BCUT2D eigenvalue weighted by atomic mass is 9.71. The molecule has 4 heterocycles. The number of β-amino-alcohol motifs (C(OH)–C–C–N with tert-alkyl or cyclic N) is 1. The van der Waals surface area contributed by atoms with Crippen molar-refractivity contribution in [1.29, 1.82) is 0 Å². The summed E-state index contributed by atoms with van der Waals surface area (Å²) in [6, 6.07) is 6.61. The number of fused-ring (bicyclic) bond motifs is 2. The fraction of sp³-hybridized carbons (Fsp3) is 0.571.